The molecule has 282 valence electrons. The van der Waals surface area contributed by atoms with E-state index in [2.05, 4.69) is 114 Å². The fourth-order valence-corrected chi connectivity index (χ4v) is 7.33. The molecule has 0 spiro atoms. The number of nitrogens with zero attached hydrogens (tertiary/aromatic N) is 6. The first-order valence-corrected chi connectivity index (χ1v) is 19.8. The lowest BCUT2D eigenvalue weighted by molar-refractivity contribution is 1.07. The maximum Gasteiger partial charge on any atom is 0.164 e. The van der Waals surface area contributed by atoms with E-state index >= 15 is 0 Å². The Kier molecular flexibility index (Phi) is 9.84. The number of aromatic nitrogens is 6. The van der Waals surface area contributed by atoms with Crippen molar-refractivity contribution in [1.29, 1.82) is 0 Å². The minimum atomic E-state index is 0.614. The summed E-state index contributed by atoms with van der Waals surface area (Å²) in [5.41, 5.74) is 14.6. The van der Waals surface area contributed by atoms with E-state index in [1.165, 1.54) is 0 Å². The van der Waals surface area contributed by atoms with Crippen molar-refractivity contribution in [2.24, 2.45) is 0 Å². The quantitative estimate of drug-likeness (QED) is 0.145. The molecule has 0 atom stereocenters. The number of rotatable bonds is 9. The number of hydrogen-bond donors (Lipinski definition) is 0. The molecule has 4 aromatic heterocycles. The summed E-state index contributed by atoms with van der Waals surface area (Å²) < 4.78 is 0. The lowest BCUT2D eigenvalue weighted by Crippen LogP contribution is -2.00. The molecule has 10 aromatic rings. The maximum atomic E-state index is 5.12. The molecule has 10 rings (SSSR count). The highest BCUT2D eigenvalue weighted by Gasteiger charge is 2.15. The van der Waals surface area contributed by atoms with Gasteiger partial charge in [-0.25, -0.2) is 19.9 Å². The first kappa shape index (κ1) is 36.1. The van der Waals surface area contributed by atoms with Crippen molar-refractivity contribution in [3.05, 3.63) is 219 Å². The second kappa shape index (κ2) is 16.3. The Morgan fingerprint density at radius 1 is 0.217 bits per heavy atom. The second-order valence-corrected chi connectivity index (χ2v) is 14.4. The van der Waals surface area contributed by atoms with Crippen LogP contribution in [0.3, 0.4) is 0 Å². The zero-order valence-electron chi connectivity index (χ0n) is 32.5. The molecule has 6 nitrogen and oxygen atoms in total. The molecule has 0 fully saturated rings. The summed E-state index contributed by atoms with van der Waals surface area (Å²) >= 11 is 0. The standard InChI is InChI=1S/C54H36N6/c1-5-15-37(16-6-1)44-31-45(38-17-7-2-8-18-38)33-46(32-44)47-34-50(48-23-13-14-30-55-48)57-51(35-47)49-29-28-43(36-56-49)39-24-26-42(27-25-39)54-59-52(40-19-9-3-10-20-40)58-53(60-54)41-21-11-4-12-22-41/h1-36H. The fraction of sp³-hybridized carbons (Fsp3) is 0. The minimum absolute atomic E-state index is 0.614. The van der Waals surface area contributed by atoms with Crippen LogP contribution in [0.1, 0.15) is 0 Å². The molecule has 0 aliphatic rings. The van der Waals surface area contributed by atoms with Crippen LogP contribution in [-0.4, -0.2) is 29.9 Å². The molecule has 4 heterocycles. The number of benzene rings is 6. The van der Waals surface area contributed by atoms with E-state index in [1.807, 2.05) is 103 Å². The summed E-state index contributed by atoms with van der Waals surface area (Å²) in [6, 6.07) is 70.4. The summed E-state index contributed by atoms with van der Waals surface area (Å²) in [5, 5.41) is 0. The molecule has 0 saturated heterocycles. The fourth-order valence-electron chi connectivity index (χ4n) is 7.33. The molecule has 0 bridgehead atoms. The van der Waals surface area contributed by atoms with Crippen LogP contribution in [0, 0.1) is 0 Å². The normalized spacial score (nSPS) is 11.0. The van der Waals surface area contributed by atoms with Crippen LogP contribution in [0.15, 0.2) is 219 Å². The molecule has 0 saturated carbocycles. The lowest BCUT2D eigenvalue weighted by Gasteiger charge is -2.14. The third-order valence-electron chi connectivity index (χ3n) is 10.4. The van der Waals surface area contributed by atoms with E-state index in [-0.39, 0.29) is 0 Å². The first-order valence-electron chi connectivity index (χ1n) is 19.8. The van der Waals surface area contributed by atoms with Crippen LogP contribution in [-0.2, 0) is 0 Å². The average Bonchev–Trinajstić information content (AvgIpc) is 3.35. The number of pyridine rings is 3. The van der Waals surface area contributed by atoms with Crippen LogP contribution in [0.5, 0.6) is 0 Å². The van der Waals surface area contributed by atoms with Gasteiger partial charge in [-0.15, -0.1) is 0 Å². The van der Waals surface area contributed by atoms with Gasteiger partial charge in [0.05, 0.1) is 22.8 Å². The zero-order chi connectivity index (χ0) is 40.1. The smallest absolute Gasteiger partial charge is 0.164 e. The second-order valence-electron chi connectivity index (χ2n) is 14.4. The average molecular weight is 769 g/mol. The Bertz CT molecular complexity index is 2920. The Hall–Kier alpha value is -8.22. The molecule has 0 unspecified atom stereocenters. The third-order valence-corrected chi connectivity index (χ3v) is 10.4. The van der Waals surface area contributed by atoms with E-state index in [9.17, 15) is 0 Å². The largest absolute Gasteiger partial charge is 0.255 e. The Labute approximate surface area is 348 Å². The molecule has 0 aliphatic heterocycles. The highest BCUT2D eigenvalue weighted by molar-refractivity contribution is 5.84. The molecule has 6 heteroatoms. The first-order chi connectivity index (χ1) is 29.7. The highest BCUT2D eigenvalue weighted by atomic mass is 15.0. The van der Waals surface area contributed by atoms with Crippen LogP contribution < -0.4 is 0 Å². The van der Waals surface area contributed by atoms with Crippen LogP contribution in [0.25, 0.3) is 101 Å². The van der Waals surface area contributed by atoms with Crippen LogP contribution in [0.2, 0.25) is 0 Å². The van der Waals surface area contributed by atoms with Crippen molar-refractivity contribution in [3.8, 4) is 101 Å². The molecule has 0 N–H and O–H groups in total. The topological polar surface area (TPSA) is 77.3 Å². The number of hydrogen-bond acceptors (Lipinski definition) is 6. The predicted octanol–water partition coefficient (Wildman–Crippen LogP) is 13.1. The van der Waals surface area contributed by atoms with Gasteiger partial charge in [0.25, 0.3) is 0 Å². The summed E-state index contributed by atoms with van der Waals surface area (Å²) in [6.45, 7) is 0. The zero-order valence-corrected chi connectivity index (χ0v) is 32.5. The van der Waals surface area contributed by atoms with Gasteiger partial charge in [0.15, 0.2) is 17.5 Å². The molecule has 0 amide bonds. The van der Waals surface area contributed by atoms with E-state index < -0.39 is 0 Å². The van der Waals surface area contributed by atoms with E-state index in [0.717, 1.165) is 84.0 Å². The van der Waals surface area contributed by atoms with Crippen molar-refractivity contribution >= 4 is 0 Å². The minimum Gasteiger partial charge on any atom is -0.255 e. The van der Waals surface area contributed by atoms with Gasteiger partial charge in [-0.1, -0.05) is 158 Å². The van der Waals surface area contributed by atoms with E-state index in [4.69, 9.17) is 24.9 Å². The lowest BCUT2D eigenvalue weighted by atomic mass is 9.93. The van der Waals surface area contributed by atoms with Gasteiger partial charge in [0.1, 0.15) is 0 Å². The van der Waals surface area contributed by atoms with Crippen molar-refractivity contribution in [2.45, 2.75) is 0 Å². The van der Waals surface area contributed by atoms with E-state index in [1.54, 1.807) is 6.20 Å². The molecular formula is C54H36N6. The van der Waals surface area contributed by atoms with Crippen molar-refractivity contribution in [3.63, 3.8) is 0 Å². The molecule has 6 aromatic carbocycles. The Balaban J connectivity index is 1.00. The van der Waals surface area contributed by atoms with Gasteiger partial charge < -0.3 is 0 Å². The predicted molar refractivity (Wildman–Crippen MR) is 242 cm³/mol. The summed E-state index contributed by atoms with van der Waals surface area (Å²) in [5.74, 6) is 1.88. The van der Waals surface area contributed by atoms with Crippen LogP contribution >= 0.6 is 0 Å². The maximum absolute atomic E-state index is 5.12. The van der Waals surface area contributed by atoms with Gasteiger partial charge >= 0.3 is 0 Å². The monoisotopic (exact) mass is 768 g/mol. The van der Waals surface area contributed by atoms with Crippen molar-refractivity contribution in [1.82, 2.24) is 29.9 Å². The van der Waals surface area contributed by atoms with Gasteiger partial charge in [-0.2, -0.15) is 0 Å². The molecule has 0 radical (unpaired) electrons. The van der Waals surface area contributed by atoms with Gasteiger partial charge in [-0.3, -0.25) is 9.97 Å². The van der Waals surface area contributed by atoms with Gasteiger partial charge in [0.2, 0.25) is 0 Å². The van der Waals surface area contributed by atoms with E-state index in [0.29, 0.717) is 17.5 Å². The molecule has 60 heavy (non-hydrogen) atoms. The van der Waals surface area contributed by atoms with Gasteiger partial charge in [0, 0.05) is 34.6 Å². The summed E-state index contributed by atoms with van der Waals surface area (Å²) in [4.78, 5) is 29.4. The summed E-state index contributed by atoms with van der Waals surface area (Å²) in [6.07, 6.45) is 3.71. The molecule has 0 aliphatic carbocycles. The highest BCUT2D eigenvalue weighted by Crippen LogP contribution is 2.36. The Morgan fingerprint density at radius 2 is 0.583 bits per heavy atom. The van der Waals surface area contributed by atoms with Gasteiger partial charge in [-0.05, 0) is 87.5 Å². The van der Waals surface area contributed by atoms with Crippen LogP contribution in [0.4, 0.5) is 0 Å². The SMILES string of the molecule is c1ccc(-c2cc(-c3ccccc3)cc(-c3cc(-c4ccccn4)nc(-c4ccc(-c5ccc(-c6nc(-c7ccccc7)nc(-c7ccccc7)n6)cc5)cn4)c3)c2)cc1. The van der Waals surface area contributed by atoms with Crippen molar-refractivity contribution in [2.75, 3.05) is 0 Å². The molecular weight excluding hydrogens is 733 g/mol. The Morgan fingerprint density at radius 3 is 1.03 bits per heavy atom. The summed E-state index contributed by atoms with van der Waals surface area (Å²) in [7, 11) is 0. The van der Waals surface area contributed by atoms with Crippen molar-refractivity contribution < 1.29 is 0 Å². The third kappa shape index (κ3) is 7.73.